The van der Waals surface area contributed by atoms with Gasteiger partial charge < -0.3 is 9.15 Å². The van der Waals surface area contributed by atoms with Gasteiger partial charge >= 0.3 is 0 Å². The van der Waals surface area contributed by atoms with Crippen LogP contribution in [0.4, 0.5) is 4.39 Å². The molecule has 1 aromatic heterocycles. The maximum absolute atomic E-state index is 13.2. The third kappa shape index (κ3) is 3.47. The van der Waals surface area contributed by atoms with Crippen LogP contribution < -0.4 is 10.2 Å². The van der Waals surface area contributed by atoms with Crippen molar-refractivity contribution < 1.29 is 13.5 Å². The third-order valence-electron chi connectivity index (χ3n) is 3.56. The highest BCUT2D eigenvalue weighted by atomic mass is 19.1. The van der Waals surface area contributed by atoms with Gasteiger partial charge in [0.05, 0.1) is 12.0 Å². The Morgan fingerprint density at radius 2 is 1.92 bits per heavy atom. The Hall–Kier alpha value is -3.06. The molecule has 0 fully saturated rings. The lowest BCUT2D eigenvalue weighted by Gasteiger charge is -2.07. The highest BCUT2D eigenvalue weighted by Gasteiger charge is 2.08. The van der Waals surface area contributed by atoms with Crippen LogP contribution in [-0.2, 0) is 0 Å². The van der Waals surface area contributed by atoms with Crippen molar-refractivity contribution in [1.82, 2.24) is 0 Å². The first-order valence-corrected chi connectivity index (χ1v) is 7.57. The number of hydrogen-bond donors (Lipinski definition) is 0. The highest BCUT2D eigenvalue weighted by molar-refractivity contribution is 5.78. The number of hydrogen-bond acceptors (Lipinski definition) is 3. The van der Waals surface area contributed by atoms with Gasteiger partial charge in [-0.15, -0.1) is 12.3 Å². The lowest BCUT2D eigenvalue weighted by Crippen LogP contribution is -2.01. The summed E-state index contributed by atoms with van der Waals surface area (Å²) in [4.78, 5) is 12.1. The van der Waals surface area contributed by atoms with Crippen molar-refractivity contribution >= 4 is 11.0 Å². The Labute approximate surface area is 138 Å². The average Bonchev–Trinajstić information content (AvgIpc) is 2.60. The van der Waals surface area contributed by atoms with Crippen molar-refractivity contribution in [1.29, 1.82) is 0 Å². The number of terminal acetylenes is 1. The van der Waals surface area contributed by atoms with Gasteiger partial charge in [0.15, 0.2) is 5.43 Å². The summed E-state index contributed by atoms with van der Waals surface area (Å²) in [6.45, 7) is 0.556. The second-order valence-electron chi connectivity index (χ2n) is 5.30. The smallest absolute Gasteiger partial charge is 0.193 e. The van der Waals surface area contributed by atoms with Gasteiger partial charge in [-0.1, -0.05) is 0 Å². The molecule has 3 rings (SSSR count). The highest BCUT2D eigenvalue weighted by Crippen LogP contribution is 2.24. The van der Waals surface area contributed by atoms with Crippen molar-refractivity contribution in [3.63, 3.8) is 0 Å². The van der Waals surface area contributed by atoms with E-state index in [-0.39, 0.29) is 10.8 Å². The van der Waals surface area contributed by atoms with Gasteiger partial charge in [-0.3, -0.25) is 4.79 Å². The molecule has 0 radical (unpaired) electrons. The zero-order valence-corrected chi connectivity index (χ0v) is 12.9. The zero-order chi connectivity index (χ0) is 16.9. The fourth-order valence-corrected chi connectivity index (χ4v) is 2.35. The first kappa shape index (κ1) is 15.8. The molecule has 0 aliphatic heterocycles. The molecule has 0 saturated heterocycles. The Morgan fingerprint density at radius 1 is 1.12 bits per heavy atom. The monoisotopic (exact) mass is 322 g/mol. The molecule has 0 atom stereocenters. The molecule has 0 unspecified atom stereocenters. The van der Waals surface area contributed by atoms with Crippen molar-refractivity contribution in [2.24, 2.45) is 0 Å². The van der Waals surface area contributed by atoms with E-state index in [4.69, 9.17) is 15.6 Å². The predicted octanol–water partition coefficient (Wildman–Crippen LogP) is 4.39. The minimum atomic E-state index is -0.464. The molecule has 2 aromatic carbocycles. The lowest BCUT2D eigenvalue weighted by molar-refractivity contribution is 0.313. The number of ether oxygens (including phenoxy) is 1. The van der Waals surface area contributed by atoms with Gasteiger partial charge in [0.25, 0.3) is 0 Å². The second-order valence-corrected chi connectivity index (χ2v) is 5.30. The summed E-state index contributed by atoms with van der Waals surface area (Å²) >= 11 is 0. The van der Waals surface area contributed by atoms with Crippen LogP contribution in [0.3, 0.4) is 0 Å². The Kier molecular flexibility index (Phi) is 4.62. The lowest BCUT2D eigenvalue weighted by atomic mass is 10.1. The van der Waals surface area contributed by atoms with Crippen LogP contribution in [0.5, 0.6) is 5.75 Å². The van der Waals surface area contributed by atoms with Gasteiger partial charge in [-0.2, -0.15) is 0 Å². The van der Waals surface area contributed by atoms with E-state index < -0.39 is 5.82 Å². The van der Waals surface area contributed by atoms with Crippen LogP contribution in [-0.4, -0.2) is 6.61 Å². The van der Waals surface area contributed by atoms with Crippen molar-refractivity contribution in [2.75, 3.05) is 6.61 Å². The van der Waals surface area contributed by atoms with Crippen LogP contribution >= 0.6 is 0 Å². The topological polar surface area (TPSA) is 39.4 Å². The summed E-state index contributed by atoms with van der Waals surface area (Å²) in [7, 11) is 0. The molecule has 0 N–H and O–H groups in total. The Bertz CT molecular complexity index is 949. The number of fused-ring (bicyclic) bond motifs is 1. The number of rotatable bonds is 5. The summed E-state index contributed by atoms with van der Waals surface area (Å²) in [5.74, 6) is 3.25. The number of halogens is 1. The molecule has 4 heteroatoms. The summed E-state index contributed by atoms with van der Waals surface area (Å²) in [6.07, 6.45) is 6.67. The largest absolute Gasteiger partial charge is 0.494 e. The molecule has 0 spiro atoms. The summed E-state index contributed by atoms with van der Waals surface area (Å²) in [5, 5.41) is 0.229. The summed E-state index contributed by atoms with van der Waals surface area (Å²) < 4.78 is 24.5. The van der Waals surface area contributed by atoms with Crippen LogP contribution in [0, 0.1) is 18.2 Å². The van der Waals surface area contributed by atoms with E-state index in [1.807, 2.05) is 12.1 Å². The van der Waals surface area contributed by atoms with Crippen LogP contribution in [0.1, 0.15) is 12.8 Å². The van der Waals surface area contributed by atoms with Gasteiger partial charge in [-0.05, 0) is 48.9 Å². The van der Waals surface area contributed by atoms with Crippen molar-refractivity contribution in [3.8, 4) is 29.4 Å². The number of benzene rings is 2. The SMILES string of the molecule is C#CCCCOc1ccc(-c2cc(=O)c3cc(F)ccc3o2)cc1. The summed E-state index contributed by atoms with van der Waals surface area (Å²) in [5.41, 5.74) is 0.822. The molecule has 3 nitrogen and oxygen atoms in total. The Balaban J connectivity index is 1.84. The molecular formula is C20H15FO3. The Morgan fingerprint density at radius 3 is 2.67 bits per heavy atom. The standard InChI is InChI=1S/C20H15FO3/c1-2-3-4-11-23-16-8-5-14(6-9-16)20-13-18(22)17-12-15(21)7-10-19(17)24-20/h1,5-10,12-13H,3-4,11H2. The fraction of sp³-hybridized carbons (Fsp3) is 0.150. The molecule has 120 valence electrons. The van der Waals surface area contributed by atoms with E-state index in [2.05, 4.69) is 5.92 Å². The summed E-state index contributed by atoms with van der Waals surface area (Å²) in [6, 6.07) is 12.5. The normalized spacial score (nSPS) is 10.5. The average molecular weight is 322 g/mol. The van der Waals surface area contributed by atoms with E-state index in [1.54, 1.807) is 12.1 Å². The molecule has 0 aliphatic carbocycles. The van der Waals surface area contributed by atoms with Crippen LogP contribution in [0.2, 0.25) is 0 Å². The zero-order valence-electron chi connectivity index (χ0n) is 12.9. The van der Waals surface area contributed by atoms with Gasteiger partial charge in [0.2, 0.25) is 0 Å². The van der Waals surface area contributed by atoms with E-state index in [9.17, 15) is 9.18 Å². The maximum atomic E-state index is 13.2. The molecule has 0 bridgehead atoms. The minimum absolute atomic E-state index is 0.229. The quantitative estimate of drug-likeness (QED) is 0.516. The molecule has 3 aromatic rings. The van der Waals surface area contributed by atoms with E-state index in [0.29, 0.717) is 24.4 Å². The van der Waals surface area contributed by atoms with E-state index in [0.717, 1.165) is 17.7 Å². The second kappa shape index (κ2) is 7.01. The van der Waals surface area contributed by atoms with Crippen molar-refractivity contribution in [2.45, 2.75) is 12.8 Å². The molecule has 0 aliphatic rings. The van der Waals surface area contributed by atoms with Gasteiger partial charge in [0.1, 0.15) is 22.9 Å². The van der Waals surface area contributed by atoms with Crippen molar-refractivity contribution in [3.05, 3.63) is 64.6 Å². The van der Waals surface area contributed by atoms with Crippen LogP contribution in [0.25, 0.3) is 22.3 Å². The molecule has 1 heterocycles. The molecular weight excluding hydrogens is 307 g/mol. The van der Waals surface area contributed by atoms with E-state index in [1.165, 1.54) is 24.3 Å². The third-order valence-corrected chi connectivity index (χ3v) is 3.56. The first-order valence-electron chi connectivity index (χ1n) is 7.57. The predicted molar refractivity (Wildman–Crippen MR) is 91.4 cm³/mol. The molecule has 24 heavy (non-hydrogen) atoms. The molecule has 0 saturated carbocycles. The van der Waals surface area contributed by atoms with Gasteiger partial charge in [0, 0.05) is 18.1 Å². The molecule has 0 amide bonds. The fourth-order valence-electron chi connectivity index (χ4n) is 2.35. The maximum Gasteiger partial charge on any atom is 0.193 e. The van der Waals surface area contributed by atoms with Gasteiger partial charge in [-0.25, -0.2) is 4.39 Å². The van der Waals surface area contributed by atoms with E-state index >= 15 is 0 Å². The number of unbranched alkanes of at least 4 members (excludes halogenated alkanes) is 1. The first-order chi connectivity index (χ1) is 11.7. The van der Waals surface area contributed by atoms with Crippen LogP contribution in [0.15, 0.2) is 57.7 Å². The minimum Gasteiger partial charge on any atom is -0.494 e.